The first-order valence-electron chi connectivity index (χ1n) is 8.95. The number of pyridine rings is 1. The van der Waals surface area contributed by atoms with Gasteiger partial charge in [-0.15, -0.1) is 0 Å². The molecule has 1 heterocycles. The number of fused-ring (bicyclic) bond motifs is 1. The highest BCUT2D eigenvalue weighted by Crippen LogP contribution is 2.47. The van der Waals surface area contributed by atoms with E-state index in [0.29, 0.717) is 28.6 Å². The summed E-state index contributed by atoms with van der Waals surface area (Å²) in [5.41, 5.74) is -0.497. The standard InChI is InChI=1S/C20H19Cl2FN2O2/c21-12-3-4-13(16(22)8-12)14-9-17(14)25-19(27)20(23)6-5-11(10-26)18-15(20)2-1-7-24-18/h1-4,7-8,11,14,17,26H,5-6,9-10H2,(H,25,27)/t11-,14?,17?,20-/m0/s1. The highest BCUT2D eigenvalue weighted by Gasteiger charge is 2.50. The van der Waals surface area contributed by atoms with E-state index < -0.39 is 11.6 Å². The van der Waals surface area contributed by atoms with Gasteiger partial charge in [-0.2, -0.15) is 0 Å². The van der Waals surface area contributed by atoms with Crippen LogP contribution in [0.1, 0.15) is 47.9 Å². The fraction of sp³-hybridized carbons (Fsp3) is 0.400. The molecule has 1 aromatic carbocycles. The molecule has 0 aliphatic heterocycles. The van der Waals surface area contributed by atoms with E-state index in [9.17, 15) is 9.90 Å². The Labute approximate surface area is 166 Å². The van der Waals surface area contributed by atoms with E-state index in [1.807, 2.05) is 6.07 Å². The molecular weight excluding hydrogens is 390 g/mol. The van der Waals surface area contributed by atoms with Gasteiger partial charge in [0.05, 0.1) is 12.3 Å². The lowest BCUT2D eigenvalue weighted by Crippen LogP contribution is -2.45. The van der Waals surface area contributed by atoms with Crippen LogP contribution in [0.25, 0.3) is 0 Å². The maximum atomic E-state index is 15.7. The third-order valence-electron chi connectivity index (χ3n) is 5.54. The van der Waals surface area contributed by atoms with Gasteiger partial charge in [0.15, 0.2) is 0 Å². The first-order chi connectivity index (χ1) is 12.9. The number of rotatable bonds is 4. The van der Waals surface area contributed by atoms with Crippen molar-refractivity contribution in [3.63, 3.8) is 0 Å². The minimum Gasteiger partial charge on any atom is -0.396 e. The summed E-state index contributed by atoms with van der Waals surface area (Å²) >= 11 is 12.2. The third kappa shape index (κ3) is 3.33. The predicted molar refractivity (Wildman–Crippen MR) is 102 cm³/mol. The highest BCUT2D eigenvalue weighted by molar-refractivity contribution is 6.35. The van der Waals surface area contributed by atoms with Crippen LogP contribution in [0, 0.1) is 0 Å². The van der Waals surface area contributed by atoms with E-state index in [1.165, 1.54) is 0 Å². The third-order valence-corrected chi connectivity index (χ3v) is 6.10. The lowest BCUT2D eigenvalue weighted by Gasteiger charge is -2.33. The molecule has 2 N–H and O–H groups in total. The lowest BCUT2D eigenvalue weighted by atomic mass is 9.77. The normalized spacial score (nSPS) is 29.1. The molecule has 1 fully saturated rings. The van der Waals surface area contributed by atoms with Crippen molar-refractivity contribution in [2.24, 2.45) is 0 Å². The number of hydrogen-bond acceptors (Lipinski definition) is 3. The number of halogens is 3. The van der Waals surface area contributed by atoms with Gasteiger partial charge in [-0.25, -0.2) is 4.39 Å². The summed E-state index contributed by atoms with van der Waals surface area (Å²) in [5.74, 6) is -0.824. The van der Waals surface area contributed by atoms with Crippen molar-refractivity contribution in [2.45, 2.75) is 42.8 Å². The van der Waals surface area contributed by atoms with Crippen LogP contribution in [0.4, 0.5) is 4.39 Å². The van der Waals surface area contributed by atoms with Gasteiger partial charge in [0.1, 0.15) is 0 Å². The number of benzene rings is 1. The Bertz CT molecular complexity index is 894. The number of carbonyl (C=O) groups is 1. The Morgan fingerprint density at radius 2 is 2.19 bits per heavy atom. The molecular formula is C20H19Cl2FN2O2. The molecule has 4 rings (SSSR count). The second-order valence-electron chi connectivity index (χ2n) is 7.24. The Kier molecular flexibility index (Phi) is 4.87. The minimum atomic E-state index is -2.13. The monoisotopic (exact) mass is 408 g/mol. The van der Waals surface area contributed by atoms with Crippen LogP contribution in [0.15, 0.2) is 36.5 Å². The minimum absolute atomic E-state index is 0.0296. The van der Waals surface area contributed by atoms with E-state index in [-0.39, 0.29) is 36.5 Å². The maximum Gasteiger partial charge on any atom is 0.262 e. The van der Waals surface area contributed by atoms with Crippen molar-refractivity contribution >= 4 is 29.1 Å². The molecule has 4 atom stereocenters. The summed E-state index contributed by atoms with van der Waals surface area (Å²) in [7, 11) is 0. The first kappa shape index (κ1) is 18.7. The van der Waals surface area contributed by atoms with Gasteiger partial charge >= 0.3 is 0 Å². The van der Waals surface area contributed by atoms with E-state index in [0.717, 1.165) is 5.56 Å². The lowest BCUT2D eigenvalue weighted by molar-refractivity contribution is -0.135. The number of aromatic nitrogens is 1. The maximum absolute atomic E-state index is 15.7. The number of amides is 1. The second kappa shape index (κ2) is 7.04. The molecule has 142 valence electrons. The average Bonchev–Trinajstić information content (AvgIpc) is 3.41. The Morgan fingerprint density at radius 3 is 2.93 bits per heavy atom. The summed E-state index contributed by atoms with van der Waals surface area (Å²) in [6.07, 6.45) is 2.68. The SMILES string of the molecule is O=C(NC1CC1c1ccc(Cl)cc1Cl)[C@]1(F)CC[C@@H](CO)c2ncccc21. The molecule has 27 heavy (non-hydrogen) atoms. The summed E-state index contributed by atoms with van der Waals surface area (Å²) in [4.78, 5) is 17.0. The van der Waals surface area contributed by atoms with Crippen LogP contribution < -0.4 is 5.32 Å². The van der Waals surface area contributed by atoms with Gasteiger partial charge in [-0.3, -0.25) is 9.78 Å². The van der Waals surface area contributed by atoms with Gasteiger partial charge < -0.3 is 10.4 Å². The van der Waals surface area contributed by atoms with Crippen molar-refractivity contribution in [3.05, 3.63) is 63.4 Å². The molecule has 2 unspecified atom stereocenters. The Morgan fingerprint density at radius 1 is 1.37 bits per heavy atom. The smallest absolute Gasteiger partial charge is 0.262 e. The number of aliphatic hydroxyl groups excluding tert-OH is 1. The summed E-state index contributed by atoms with van der Waals surface area (Å²) in [6.45, 7) is -0.110. The molecule has 1 amide bonds. The molecule has 2 aliphatic rings. The fourth-order valence-corrected chi connectivity index (χ4v) is 4.47. The van der Waals surface area contributed by atoms with Gasteiger partial charge in [-0.05, 0) is 43.0 Å². The first-order valence-corrected chi connectivity index (χ1v) is 9.70. The van der Waals surface area contributed by atoms with Gasteiger partial charge in [0, 0.05) is 39.7 Å². The molecule has 0 spiro atoms. The second-order valence-corrected chi connectivity index (χ2v) is 8.09. The van der Waals surface area contributed by atoms with Crippen LogP contribution in [-0.4, -0.2) is 28.6 Å². The van der Waals surface area contributed by atoms with E-state index in [4.69, 9.17) is 23.2 Å². The predicted octanol–water partition coefficient (Wildman–Crippen LogP) is 4.10. The Balaban J connectivity index is 1.52. The molecule has 2 aliphatic carbocycles. The van der Waals surface area contributed by atoms with Crippen LogP contribution in [0.3, 0.4) is 0 Å². The molecule has 1 saturated carbocycles. The average molecular weight is 409 g/mol. The topological polar surface area (TPSA) is 62.2 Å². The molecule has 2 aromatic rings. The van der Waals surface area contributed by atoms with Crippen molar-refractivity contribution < 1.29 is 14.3 Å². The quantitative estimate of drug-likeness (QED) is 0.800. The molecule has 0 saturated heterocycles. The molecule has 1 aromatic heterocycles. The van der Waals surface area contributed by atoms with Crippen LogP contribution in [0.2, 0.25) is 10.0 Å². The van der Waals surface area contributed by atoms with Crippen LogP contribution >= 0.6 is 23.2 Å². The van der Waals surface area contributed by atoms with Crippen molar-refractivity contribution in [3.8, 4) is 0 Å². The molecule has 0 radical (unpaired) electrons. The molecule has 7 heteroatoms. The Hall–Kier alpha value is -1.69. The largest absolute Gasteiger partial charge is 0.396 e. The van der Waals surface area contributed by atoms with E-state index in [2.05, 4.69) is 10.3 Å². The van der Waals surface area contributed by atoms with Crippen LogP contribution in [0.5, 0.6) is 0 Å². The van der Waals surface area contributed by atoms with Gasteiger partial charge in [-0.1, -0.05) is 35.3 Å². The zero-order valence-corrected chi connectivity index (χ0v) is 16.0. The van der Waals surface area contributed by atoms with Crippen molar-refractivity contribution in [2.75, 3.05) is 6.61 Å². The number of hydrogen-bond donors (Lipinski definition) is 2. The van der Waals surface area contributed by atoms with Gasteiger partial charge in [0.2, 0.25) is 5.67 Å². The summed E-state index contributed by atoms with van der Waals surface area (Å²) in [5, 5.41) is 13.5. The highest BCUT2D eigenvalue weighted by atomic mass is 35.5. The zero-order chi connectivity index (χ0) is 19.2. The number of nitrogens with one attached hydrogen (secondary N) is 1. The zero-order valence-electron chi connectivity index (χ0n) is 14.5. The summed E-state index contributed by atoms with van der Waals surface area (Å²) < 4.78 is 15.7. The number of carbonyl (C=O) groups excluding carboxylic acids is 1. The van der Waals surface area contributed by atoms with Crippen LogP contribution in [-0.2, 0) is 10.5 Å². The number of nitrogens with zero attached hydrogens (tertiary/aromatic N) is 1. The van der Waals surface area contributed by atoms with E-state index >= 15 is 4.39 Å². The summed E-state index contributed by atoms with van der Waals surface area (Å²) in [6, 6.07) is 8.33. The van der Waals surface area contributed by atoms with Crippen molar-refractivity contribution in [1.29, 1.82) is 0 Å². The number of alkyl halides is 1. The van der Waals surface area contributed by atoms with E-state index in [1.54, 1.807) is 30.5 Å². The molecule has 0 bridgehead atoms. The fourth-order valence-electron chi connectivity index (χ4n) is 3.92. The van der Waals surface area contributed by atoms with Crippen molar-refractivity contribution in [1.82, 2.24) is 10.3 Å². The number of aliphatic hydroxyl groups is 1. The van der Waals surface area contributed by atoms with Gasteiger partial charge in [0.25, 0.3) is 5.91 Å². The molecule has 4 nitrogen and oxygen atoms in total.